The molecule has 4 heteroatoms. The molecule has 0 saturated heterocycles. The quantitative estimate of drug-likeness (QED) is 0.677. The van der Waals surface area contributed by atoms with Gasteiger partial charge in [0.1, 0.15) is 0 Å². The molecule has 0 spiro atoms. The fourth-order valence-corrected chi connectivity index (χ4v) is 1.18. The second-order valence-electron chi connectivity index (χ2n) is 3.60. The summed E-state index contributed by atoms with van der Waals surface area (Å²) in [4.78, 5) is 16.1. The largest absolute Gasteiger partial charge is 0.261 e. The third-order valence-electron chi connectivity index (χ3n) is 1.75. The summed E-state index contributed by atoms with van der Waals surface area (Å²) < 4.78 is 0. The maximum absolute atomic E-state index is 4.11. The number of aromatic nitrogens is 4. The summed E-state index contributed by atoms with van der Waals surface area (Å²) in [5.74, 6) is 0. The van der Waals surface area contributed by atoms with E-state index in [0.717, 1.165) is 22.8 Å². The zero-order chi connectivity index (χ0) is 12.0. The van der Waals surface area contributed by atoms with E-state index in [0.29, 0.717) is 0 Å². The Kier molecular flexibility index (Phi) is 4.51. The fourth-order valence-electron chi connectivity index (χ4n) is 1.18. The zero-order valence-corrected chi connectivity index (χ0v) is 10.1. The predicted molar refractivity (Wildman–Crippen MR) is 63.0 cm³/mol. The number of hydrogen-bond acceptors (Lipinski definition) is 4. The molecule has 2 heterocycles. The van der Waals surface area contributed by atoms with E-state index in [-0.39, 0.29) is 0 Å². The first-order valence-corrected chi connectivity index (χ1v) is 5.08. The van der Waals surface area contributed by atoms with Crippen molar-refractivity contribution >= 4 is 0 Å². The lowest BCUT2D eigenvalue weighted by atomic mass is 10.4. The first kappa shape index (κ1) is 12.2. The smallest absolute Gasteiger partial charge is 0.0558 e. The molecule has 0 unspecified atom stereocenters. The van der Waals surface area contributed by atoms with Gasteiger partial charge < -0.3 is 0 Å². The second kappa shape index (κ2) is 5.90. The molecule has 2 aromatic heterocycles. The Balaban J connectivity index is 0.000000160. The van der Waals surface area contributed by atoms with Crippen molar-refractivity contribution in [3.63, 3.8) is 0 Å². The average molecular weight is 216 g/mol. The van der Waals surface area contributed by atoms with Gasteiger partial charge in [-0.3, -0.25) is 19.9 Å². The highest BCUT2D eigenvalue weighted by atomic mass is 14.8. The molecule has 0 aromatic carbocycles. The summed E-state index contributed by atoms with van der Waals surface area (Å²) in [6, 6.07) is 0. The topological polar surface area (TPSA) is 51.6 Å². The van der Waals surface area contributed by atoms with Gasteiger partial charge in [-0.15, -0.1) is 0 Å². The van der Waals surface area contributed by atoms with Gasteiger partial charge in [0.2, 0.25) is 0 Å². The molecule has 0 N–H and O–H groups in total. The van der Waals surface area contributed by atoms with Crippen LogP contribution in [0.2, 0.25) is 0 Å². The highest BCUT2D eigenvalue weighted by Crippen LogP contribution is 1.90. The minimum absolute atomic E-state index is 0.977. The molecule has 0 saturated carbocycles. The lowest BCUT2D eigenvalue weighted by Crippen LogP contribution is -1.85. The zero-order valence-electron chi connectivity index (χ0n) is 10.1. The first-order valence-electron chi connectivity index (χ1n) is 5.08. The molecular weight excluding hydrogens is 200 g/mol. The van der Waals surface area contributed by atoms with Crippen molar-refractivity contribution in [1.29, 1.82) is 0 Å². The summed E-state index contributed by atoms with van der Waals surface area (Å²) in [6.45, 7) is 7.72. The van der Waals surface area contributed by atoms with Gasteiger partial charge in [-0.1, -0.05) is 0 Å². The minimum atomic E-state index is 0.977. The predicted octanol–water partition coefficient (Wildman–Crippen LogP) is 2.19. The van der Waals surface area contributed by atoms with Crippen LogP contribution in [-0.4, -0.2) is 19.9 Å². The van der Waals surface area contributed by atoms with Gasteiger partial charge in [0, 0.05) is 24.8 Å². The van der Waals surface area contributed by atoms with E-state index < -0.39 is 0 Å². The molecule has 2 aromatic rings. The summed E-state index contributed by atoms with van der Waals surface area (Å²) in [5, 5.41) is 0. The Bertz CT molecular complexity index is 376. The van der Waals surface area contributed by atoms with E-state index in [1.165, 1.54) is 0 Å². The second-order valence-corrected chi connectivity index (χ2v) is 3.60. The van der Waals surface area contributed by atoms with E-state index in [1.807, 2.05) is 27.7 Å². The summed E-state index contributed by atoms with van der Waals surface area (Å²) in [5.41, 5.74) is 3.91. The Labute approximate surface area is 95.8 Å². The van der Waals surface area contributed by atoms with Crippen LogP contribution >= 0.6 is 0 Å². The summed E-state index contributed by atoms with van der Waals surface area (Å²) >= 11 is 0. The number of nitrogens with zero attached hydrogens (tertiary/aromatic N) is 4. The maximum Gasteiger partial charge on any atom is 0.0558 e. The van der Waals surface area contributed by atoms with E-state index >= 15 is 0 Å². The van der Waals surface area contributed by atoms with Crippen molar-refractivity contribution in [3.8, 4) is 0 Å². The van der Waals surface area contributed by atoms with Crippen LogP contribution in [0.1, 0.15) is 22.8 Å². The molecule has 0 amide bonds. The molecule has 0 radical (unpaired) electrons. The minimum Gasteiger partial charge on any atom is -0.261 e. The monoisotopic (exact) mass is 216 g/mol. The van der Waals surface area contributed by atoms with Crippen LogP contribution in [0.3, 0.4) is 0 Å². The molecule has 4 nitrogen and oxygen atoms in total. The van der Waals surface area contributed by atoms with Crippen molar-refractivity contribution in [2.24, 2.45) is 0 Å². The Morgan fingerprint density at radius 1 is 0.562 bits per heavy atom. The van der Waals surface area contributed by atoms with Crippen molar-refractivity contribution < 1.29 is 0 Å². The van der Waals surface area contributed by atoms with Gasteiger partial charge >= 0.3 is 0 Å². The molecule has 0 aliphatic carbocycles. The number of rotatable bonds is 0. The highest BCUT2D eigenvalue weighted by molar-refractivity contribution is 4.98. The van der Waals surface area contributed by atoms with Gasteiger partial charge in [0.15, 0.2) is 0 Å². The first-order chi connectivity index (χ1) is 7.58. The molecule has 0 atom stereocenters. The van der Waals surface area contributed by atoms with Crippen LogP contribution < -0.4 is 0 Å². The number of aryl methyl sites for hydroxylation is 4. The number of hydrogen-bond donors (Lipinski definition) is 0. The van der Waals surface area contributed by atoms with E-state index in [9.17, 15) is 0 Å². The van der Waals surface area contributed by atoms with Crippen molar-refractivity contribution in [2.75, 3.05) is 0 Å². The molecule has 0 aliphatic heterocycles. The van der Waals surface area contributed by atoms with Crippen LogP contribution in [0.4, 0.5) is 0 Å². The maximum atomic E-state index is 4.11. The molecule has 0 fully saturated rings. The lowest BCUT2D eigenvalue weighted by molar-refractivity contribution is 1.05. The van der Waals surface area contributed by atoms with E-state index in [2.05, 4.69) is 19.9 Å². The Morgan fingerprint density at radius 3 is 0.938 bits per heavy atom. The summed E-state index contributed by atoms with van der Waals surface area (Å²) in [7, 11) is 0. The molecule has 2 rings (SSSR count). The van der Waals surface area contributed by atoms with Crippen LogP contribution in [0.25, 0.3) is 0 Å². The fraction of sp³-hybridized carbons (Fsp3) is 0.333. The van der Waals surface area contributed by atoms with Gasteiger partial charge in [0.05, 0.1) is 22.8 Å². The molecular formula is C12H16N4. The Morgan fingerprint density at radius 2 is 0.812 bits per heavy atom. The molecule has 0 aliphatic rings. The normalized spacial score (nSPS) is 9.25. The van der Waals surface area contributed by atoms with Gasteiger partial charge in [0.25, 0.3) is 0 Å². The van der Waals surface area contributed by atoms with Crippen molar-refractivity contribution in [1.82, 2.24) is 19.9 Å². The summed E-state index contributed by atoms with van der Waals surface area (Å²) in [6.07, 6.45) is 6.97. The van der Waals surface area contributed by atoms with Crippen LogP contribution in [0, 0.1) is 27.7 Å². The lowest BCUT2D eigenvalue weighted by Gasteiger charge is -1.89. The van der Waals surface area contributed by atoms with E-state index in [1.54, 1.807) is 24.8 Å². The van der Waals surface area contributed by atoms with Crippen LogP contribution in [0.5, 0.6) is 0 Å². The SMILES string of the molecule is Cc1cncc(C)n1.Cc1cncc(C)n1. The van der Waals surface area contributed by atoms with Crippen LogP contribution in [-0.2, 0) is 0 Å². The van der Waals surface area contributed by atoms with Gasteiger partial charge in [-0.2, -0.15) is 0 Å². The van der Waals surface area contributed by atoms with Crippen molar-refractivity contribution in [3.05, 3.63) is 47.6 Å². The molecule has 84 valence electrons. The molecule has 16 heavy (non-hydrogen) atoms. The third kappa shape index (κ3) is 4.59. The highest BCUT2D eigenvalue weighted by Gasteiger charge is 1.84. The standard InChI is InChI=1S/2C6H8N2/c2*1-5-3-7-4-6(2)8-5/h2*3-4H,1-2H3. The van der Waals surface area contributed by atoms with Crippen molar-refractivity contribution in [2.45, 2.75) is 27.7 Å². The Hall–Kier alpha value is -1.84. The third-order valence-corrected chi connectivity index (χ3v) is 1.75. The van der Waals surface area contributed by atoms with Crippen LogP contribution in [0.15, 0.2) is 24.8 Å². The van der Waals surface area contributed by atoms with Gasteiger partial charge in [-0.05, 0) is 27.7 Å². The van der Waals surface area contributed by atoms with E-state index in [4.69, 9.17) is 0 Å². The molecule has 0 bridgehead atoms. The average Bonchev–Trinajstić information content (AvgIpc) is 2.17. The van der Waals surface area contributed by atoms with Gasteiger partial charge in [-0.25, -0.2) is 0 Å².